The van der Waals surface area contributed by atoms with Crippen LogP contribution in [0.2, 0.25) is 10.0 Å². The molecule has 0 spiro atoms. The number of anilines is 1. The van der Waals surface area contributed by atoms with Gasteiger partial charge in [-0.05, 0) is 48.1 Å². The van der Waals surface area contributed by atoms with Crippen molar-refractivity contribution in [3.05, 3.63) is 112 Å². The molecule has 10 heteroatoms. The second-order valence-corrected chi connectivity index (χ2v) is 13.3. The molecular weight excluding hydrogens is 605 g/mol. The van der Waals surface area contributed by atoms with E-state index in [1.54, 1.807) is 30.3 Å². The number of rotatable bonds is 12. The van der Waals surface area contributed by atoms with Crippen LogP contribution in [0.5, 0.6) is 0 Å². The van der Waals surface area contributed by atoms with Crippen molar-refractivity contribution >= 4 is 61.5 Å². The van der Waals surface area contributed by atoms with Crippen molar-refractivity contribution in [2.45, 2.75) is 45.3 Å². The Balaban J connectivity index is 1.80. The van der Waals surface area contributed by atoms with Gasteiger partial charge < -0.3 is 10.2 Å². The standard InChI is InChI=1S/C33H35Cl2N3O4S/c1-4-23(2)36-33(40)31(20-24-11-6-5-7-12-24)37(21-25-17-18-28(34)29(35)19-25)32(39)22-38(43(3,41)42)30-16-10-14-26-13-8-9-15-27(26)30/h5-19,23,31H,4,20-22H2,1-3H3,(H,36,40)/t23-,31-/m1/s1. The van der Waals surface area contributed by atoms with Crippen LogP contribution >= 0.6 is 23.2 Å². The van der Waals surface area contributed by atoms with E-state index < -0.39 is 28.5 Å². The van der Waals surface area contributed by atoms with Crippen LogP contribution in [-0.2, 0) is 32.6 Å². The molecule has 0 aromatic heterocycles. The van der Waals surface area contributed by atoms with Gasteiger partial charge in [0.1, 0.15) is 12.6 Å². The number of hydrogen-bond acceptors (Lipinski definition) is 4. The number of carbonyl (C=O) groups is 2. The van der Waals surface area contributed by atoms with E-state index in [1.807, 2.05) is 74.5 Å². The zero-order valence-corrected chi connectivity index (χ0v) is 26.7. The summed E-state index contributed by atoms with van der Waals surface area (Å²) in [5.74, 6) is -0.868. The minimum absolute atomic E-state index is 0.00822. The van der Waals surface area contributed by atoms with Crippen LogP contribution in [0.1, 0.15) is 31.4 Å². The van der Waals surface area contributed by atoms with Gasteiger partial charge in [0.25, 0.3) is 0 Å². The predicted octanol–water partition coefficient (Wildman–Crippen LogP) is 6.47. The lowest BCUT2D eigenvalue weighted by molar-refractivity contribution is -0.140. The highest BCUT2D eigenvalue weighted by atomic mass is 35.5. The Morgan fingerprint density at radius 2 is 1.53 bits per heavy atom. The topological polar surface area (TPSA) is 86.8 Å². The molecule has 0 aliphatic heterocycles. The zero-order chi connectivity index (χ0) is 31.1. The largest absolute Gasteiger partial charge is 0.352 e. The monoisotopic (exact) mass is 639 g/mol. The number of fused-ring (bicyclic) bond motifs is 1. The lowest BCUT2D eigenvalue weighted by atomic mass is 10.0. The summed E-state index contributed by atoms with van der Waals surface area (Å²) in [5, 5.41) is 5.21. The van der Waals surface area contributed by atoms with Crippen LogP contribution in [0.25, 0.3) is 10.8 Å². The number of amides is 2. The third-order valence-electron chi connectivity index (χ3n) is 7.32. The van der Waals surface area contributed by atoms with Crippen LogP contribution < -0.4 is 9.62 Å². The number of halogens is 2. The van der Waals surface area contributed by atoms with Gasteiger partial charge in [0.05, 0.1) is 22.0 Å². The average Bonchev–Trinajstić information content (AvgIpc) is 2.99. The van der Waals surface area contributed by atoms with E-state index in [-0.39, 0.29) is 24.9 Å². The highest BCUT2D eigenvalue weighted by Gasteiger charge is 2.33. The second kappa shape index (κ2) is 14.3. The number of nitrogens with one attached hydrogen (secondary N) is 1. The Morgan fingerprint density at radius 1 is 0.860 bits per heavy atom. The van der Waals surface area contributed by atoms with Crippen LogP contribution in [0.3, 0.4) is 0 Å². The molecule has 7 nitrogen and oxygen atoms in total. The normalized spacial score (nSPS) is 12.9. The van der Waals surface area contributed by atoms with Crippen molar-refractivity contribution in [1.82, 2.24) is 10.2 Å². The molecule has 0 radical (unpaired) electrons. The molecule has 2 amide bonds. The quantitative estimate of drug-likeness (QED) is 0.193. The summed E-state index contributed by atoms with van der Waals surface area (Å²) in [6.07, 6.45) is 2.00. The average molecular weight is 641 g/mol. The maximum Gasteiger partial charge on any atom is 0.244 e. The van der Waals surface area contributed by atoms with Gasteiger partial charge in [-0.2, -0.15) is 0 Å². The van der Waals surface area contributed by atoms with Gasteiger partial charge in [-0.25, -0.2) is 8.42 Å². The number of benzene rings is 4. The molecule has 2 atom stereocenters. The van der Waals surface area contributed by atoms with Crippen molar-refractivity contribution in [3.63, 3.8) is 0 Å². The Labute approximate surface area is 263 Å². The first-order valence-electron chi connectivity index (χ1n) is 14.0. The summed E-state index contributed by atoms with van der Waals surface area (Å²) in [6.45, 7) is 3.36. The molecule has 43 heavy (non-hydrogen) atoms. The van der Waals surface area contributed by atoms with Gasteiger partial charge in [-0.15, -0.1) is 0 Å². The minimum atomic E-state index is -3.90. The molecule has 0 unspecified atom stereocenters. The Kier molecular flexibility index (Phi) is 10.7. The summed E-state index contributed by atoms with van der Waals surface area (Å²) in [4.78, 5) is 29.6. The maximum absolute atomic E-state index is 14.3. The van der Waals surface area contributed by atoms with Crippen LogP contribution in [0.4, 0.5) is 5.69 Å². The minimum Gasteiger partial charge on any atom is -0.352 e. The molecule has 4 rings (SSSR count). The Bertz CT molecular complexity index is 1690. The molecule has 0 heterocycles. The highest BCUT2D eigenvalue weighted by Crippen LogP contribution is 2.29. The first-order valence-corrected chi connectivity index (χ1v) is 16.6. The zero-order valence-electron chi connectivity index (χ0n) is 24.3. The lowest BCUT2D eigenvalue weighted by Crippen LogP contribution is -2.54. The van der Waals surface area contributed by atoms with Crippen molar-refractivity contribution in [3.8, 4) is 0 Å². The number of hydrogen-bond donors (Lipinski definition) is 1. The molecule has 226 valence electrons. The fraction of sp³-hybridized carbons (Fsp3) is 0.273. The number of carbonyl (C=O) groups excluding carboxylic acids is 2. The second-order valence-electron chi connectivity index (χ2n) is 10.6. The van der Waals surface area contributed by atoms with Crippen LogP contribution in [0, 0.1) is 0 Å². The summed E-state index contributed by atoms with van der Waals surface area (Å²) in [7, 11) is -3.90. The maximum atomic E-state index is 14.3. The number of sulfonamides is 1. The van der Waals surface area contributed by atoms with Gasteiger partial charge in [0.15, 0.2) is 0 Å². The van der Waals surface area contributed by atoms with Crippen molar-refractivity contribution < 1.29 is 18.0 Å². The fourth-order valence-electron chi connectivity index (χ4n) is 4.85. The van der Waals surface area contributed by atoms with E-state index >= 15 is 0 Å². The van der Waals surface area contributed by atoms with Crippen molar-refractivity contribution in [2.75, 3.05) is 17.1 Å². The van der Waals surface area contributed by atoms with Gasteiger partial charge in [-0.3, -0.25) is 13.9 Å². The molecule has 0 aliphatic rings. The van der Waals surface area contributed by atoms with E-state index in [2.05, 4.69) is 5.32 Å². The Morgan fingerprint density at radius 3 is 2.21 bits per heavy atom. The van der Waals surface area contributed by atoms with Gasteiger partial charge in [0, 0.05) is 24.4 Å². The Hall–Kier alpha value is -3.59. The third-order valence-corrected chi connectivity index (χ3v) is 9.19. The predicted molar refractivity (Wildman–Crippen MR) is 175 cm³/mol. The van der Waals surface area contributed by atoms with Gasteiger partial charge in [0.2, 0.25) is 21.8 Å². The lowest BCUT2D eigenvalue weighted by Gasteiger charge is -2.34. The summed E-state index contributed by atoms with van der Waals surface area (Å²) >= 11 is 12.5. The smallest absolute Gasteiger partial charge is 0.244 e. The molecule has 1 N–H and O–H groups in total. The fourth-order valence-corrected chi connectivity index (χ4v) is 6.03. The van der Waals surface area contributed by atoms with E-state index in [1.165, 1.54) is 4.90 Å². The third kappa shape index (κ3) is 8.28. The SMILES string of the molecule is CC[C@@H](C)NC(=O)[C@@H](Cc1ccccc1)N(Cc1ccc(Cl)c(Cl)c1)C(=O)CN(c1cccc2ccccc12)S(C)(=O)=O. The van der Waals surface area contributed by atoms with Gasteiger partial charge in [-0.1, -0.05) is 103 Å². The van der Waals surface area contributed by atoms with Crippen LogP contribution in [-0.4, -0.2) is 50.0 Å². The molecule has 0 bridgehead atoms. The van der Waals surface area contributed by atoms with E-state index in [0.29, 0.717) is 33.1 Å². The summed E-state index contributed by atoms with van der Waals surface area (Å²) < 4.78 is 27.5. The van der Waals surface area contributed by atoms with E-state index in [9.17, 15) is 18.0 Å². The molecular formula is C33H35Cl2N3O4S. The highest BCUT2D eigenvalue weighted by molar-refractivity contribution is 7.92. The van der Waals surface area contributed by atoms with Crippen molar-refractivity contribution in [2.24, 2.45) is 0 Å². The van der Waals surface area contributed by atoms with E-state index in [4.69, 9.17) is 23.2 Å². The van der Waals surface area contributed by atoms with Gasteiger partial charge >= 0.3 is 0 Å². The number of nitrogens with zero attached hydrogens (tertiary/aromatic N) is 2. The molecule has 4 aromatic rings. The first-order chi connectivity index (χ1) is 20.5. The summed E-state index contributed by atoms with van der Waals surface area (Å²) in [5.41, 5.74) is 1.88. The van der Waals surface area contributed by atoms with Crippen LogP contribution in [0.15, 0.2) is 91.0 Å². The molecule has 0 fully saturated rings. The van der Waals surface area contributed by atoms with Crippen molar-refractivity contribution in [1.29, 1.82) is 0 Å². The molecule has 0 saturated heterocycles. The first kappa shape index (κ1) is 32.3. The molecule has 0 aliphatic carbocycles. The molecule has 4 aromatic carbocycles. The summed E-state index contributed by atoms with van der Waals surface area (Å²) in [6, 6.07) is 26.1. The molecule has 0 saturated carbocycles. The van der Waals surface area contributed by atoms with E-state index in [0.717, 1.165) is 21.5 Å².